The van der Waals surface area contributed by atoms with Crippen LogP contribution in [0.5, 0.6) is 11.5 Å². The minimum absolute atomic E-state index is 0.0340. The van der Waals surface area contributed by atoms with E-state index < -0.39 is 19.7 Å². The van der Waals surface area contributed by atoms with Crippen molar-refractivity contribution in [1.29, 1.82) is 0 Å². The number of nitrogens with two attached hydrogens (primary N) is 1. The lowest BCUT2D eigenvalue weighted by molar-refractivity contribution is 0.412. The lowest BCUT2D eigenvalue weighted by Crippen LogP contribution is -2.12. The number of rotatable bonds is 7. The number of hydrogen-bond donors (Lipinski definition) is 1. The summed E-state index contributed by atoms with van der Waals surface area (Å²) < 4.78 is 63.7. The van der Waals surface area contributed by atoms with Crippen LogP contribution in [0.2, 0.25) is 0 Å². The molecule has 0 heterocycles. The average molecular weight is 462 g/mol. The van der Waals surface area contributed by atoms with Crippen LogP contribution in [-0.4, -0.2) is 31.1 Å². The topological polar surface area (TPSA) is 113 Å². The monoisotopic (exact) mass is 461 g/mol. The molecule has 0 unspecified atom stereocenters. The molecular weight excluding hydrogens is 438 g/mol. The van der Waals surface area contributed by atoms with Crippen LogP contribution in [0, 0.1) is 0 Å². The molecular formula is C22H23NO6S2. The van der Waals surface area contributed by atoms with Crippen molar-refractivity contribution in [1.82, 2.24) is 0 Å². The molecule has 0 aliphatic heterocycles. The van der Waals surface area contributed by atoms with E-state index in [1.165, 1.54) is 68.8 Å². The van der Waals surface area contributed by atoms with Gasteiger partial charge in [0.05, 0.1) is 33.8 Å². The number of methoxy groups -OCH3 is 2. The third kappa shape index (κ3) is 4.43. The first-order valence-electron chi connectivity index (χ1n) is 9.29. The summed E-state index contributed by atoms with van der Waals surface area (Å²) in [7, 11) is -5.48. The highest BCUT2D eigenvalue weighted by molar-refractivity contribution is 7.94. The Kier molecular flexibility index (Phi) is 6.40. The summed E-state index contributed by atoms with van der Waals surface area (Å²) in [5, 5.41) is 0. The fraction of sp³-hybridized carbons (Fsp3) is 0.182. The van der Waals surface area contributed by atoms with Gasteiger partial charge in [0.15, 0.2) is 0 Å². The van der Waals surface area contributed by atoms with Crippen LogP contribution < -0.4 is 15.2 Å². The van der Waals surface area contributed by atoms with Gasteiger partial charge in [0.2, 0.25) is 19.7 Å². The number of hydrogen-bond acceptors (Lipinski definition) is 7. The summed E-state index contributed by atoms with van der Waals surface area (Å²) in [5.41, 5.74) is 6.59. The average Bonchev–Trinajstić information content (AvgIpc) is 2.78. The fourth-order valence-electron chi connectivity index (χ4n) is 3.01. The molecule has 0 aliphatic carbocycles. The maximum atomic E-state index is 13.4. The van der Waals surface area contributed by atoms with Crippen LogP contribution in [0.15, 0.2) is 86.3 Å². The van der Waals surface area contributed by atoms with Crippen LogP contribution in [0.25, 0.3) is 0 Å². The summed E-state index contributed by atoms with van der Waals surface area (Å²) in [6.07, 6.45) is 0. The van der Waals surface area contributed by atoms with Crippen molar-refractivity contribution < 1.29 is 26.3 Å². The van der Waals surface area contributed by atoms with Crippen molar-refractivity contribution in [3.63, 3.8) is 0 Å². The summed E-state index contributed by atoms with van der Waals surface area (Å²) >= 11 is 0. The molecule has 3 aromatic rings. The molecule has 0 amide bonds. The highest BCUT2D eigenvalue weighted by Crippen LogP contribution is 2.34. The number of sulfone groups is 2. The van der Waals surface area contributed by atoms with Gasteiger partial charge < -0.3 is 15.2 Å². The molecule has 7 nitrogen and oxygen atoms in total. The Labute approximate surface area is 182 Å². The van der Waals surface area contributed by atoms with Crippen molar-refractivity contribution in [2.45, 2.75) is 32.5 Å². The largest absolute Gasteiger partial charge is 0.497 e. The predicted molar refractivity (Wildman–Crippen MR) is 116 cm³/mol. The van der Waals surface area contributed by atoms with Crippen LogP contribution in [-0.2, 0) is 19.7 Å². The first-order valence-corrected chi connectivity index (χ1v) is 12.3. The highest BCUT2D eigenvalue weighted by atomic mass is 32.2. The number of ether oxygens (including phenoxy) is 2. The van der Waals surface area contributed by atoms with Gasteiger partial charge in [-0.25, -0.2) is 16.8 Å². The highest BCUT2D eigenvalue weighted by Gasteiger charge is 2.30. The van der Waals surface area contributed by atoms with E-state index in [9.17, 15) is 16.8 Å². The molecule has 0 bridgehead atoms. The van der Waals surface area contributed by atoms with Gasteiger partial charge in [-0.15, -0.1) is 0 Å². The van der Waals surface area contributed by atoms with Crippen LogP contribution in [0.3, 0.4) is 0 Å². The molecule has 2 N–H and O–H groups in total. The zero-order valence-electron chi connectivity index (χ0n) is 17.3. The summed E-state index contributed by atoms with van der Waals surface area (Å²) in [6, 6.07) is 15.4. The van der Waals surface area contributed by atoms with Gasteiger partial charge in [-0.3, -0.25) is 0 Å². The van der Waals surface area contributed by atoms with E-state index in [0.717, 1.165) is 5.56 Å². The third-order valence-electron chi connectivity index (χ3n) is 4.82. The second-order valence-corrected chi connectivity index (χ2v) is 10.7. The van der Waals surface area contributed by atoms with Gasteiger partial charge >= 0.3 is 0 Å². The Hall–Kier alpha value is -2.88. The second-order valence-electron chi connectivity index (χ2n) is 6.85. The number of benzene rings is 3. The molecule has 3 rings (SSSR count). The molecule has 0 saturated carbocycles. The molecule has 0 saturated heterocycles. The first kappa shape index (κ1) is 22.8. The van der Waals surface area contributed by atoms with Gasteiger partial charge in [0.25, 0.3) is 0 Å². The standard InChI is InChI=1S/C22H23NO6S2/c1-15(23)16-4-9-19(10-5-16)30(24,25)21-13-8-18(29-3)14-22(21)31(26,27)20-11-6-17(28-2)7-12-20/h4-15H,23H2,1-3H3/t15-/m0/s1. The maximum absolute atomic E-state index is 13.4. The molecule has 0 radical (unpaired) electrons. The second kappa shape index (κ2) is 8.70. The van der Waals surface area contributed by atoms with Gasteiger partial charge in [0.1, 0.15) is 11.5 Å². The van der Waals surface area contributed by atoms with E-state index in [2.05, 4.69) is 0 Å². The van der Waals surface area contributed by atoms with E-state index in [1.807, 2.05) is 0 Å². The van der Waals surface area contributed by atoms with Crippen LogP contribution in [0.4, 0.5) is 0 Å². The lowest BCUT2D eigenvalue weighted by atomic mass is 10.1. The zero-order valence-corrected chi connectivity index (χ0v) is 18.9. The predicted octanol–water partition coefficient (Wildman–Crippen LogP) is 3.39. The molecule has 0 fully saturated rings. The maximum Gasteiger partial charge on any atom is 0.208 e. The lowest BCUT2D eigenvalue weighted by Gasteiger charge is -2.14. The van der Waals surface area contributed by atoms with Crippen molar-refractivity contribution in [3.8, 4) is 11.5 Å². The molecule has 1 atom stereocenters. The Morgan fingerprint density at radius 2 is 1.13 bits per heavy atom. The van der Waals surface area contributed by atoms with Crippen molar-refractivity contribution in [2.24, 2.45) is 5.73 Å². The smallest absolute Gasteiger partial charge is 0.208 e. The van der Waals surface area contributed by atoms with Crippen molar-refractivity contribution in [2.75, 3.05) is 14.2 Å². The van der Waals surface area contributed by atoms with Crippen LogP contribution >= 0.6 is 0 Å². The van der Waals surface area contributed by atoms with Gasteiger partial charge in [-0.1, -0.05) is 12.1 Å². The minimum Gasteiger partial charge on any atom is -0.497 e. The van der Waals surface area contributed by atoms with E-state index in [0.29, 0.717) is 5.75 Å². The Morgan fingerprint density at radius 3 is 1.61 bits per heavy atom. The minimum atomic E-state index is -4.17. The third-order valence-corrected chi connectivity index (χ3v) is 8.58. The van der Waals surface area contributed by atoms with Crippen molar-refractivity contribution >= 4 is 19.7 Å². The van der Waals surface area contributed by atoms with Gasteiger partial charge in [-0.05, 0) is 61.0 Å². The quantitative estimate of drug-likeness (QED) is 0.574. The van der Waals surface area contributed by atoms with E-state index in [4.69, 9.17) is 15.2 Å². The SMILES string of the molecule is COc1ccc(S(=O)(=O)c2cc(OC)ccc2S(=O)(=O)c2ccc([C@H](C)N)cc2)cc1. The normalized spacial score (nSPS) is 12.9. The molecule has 9 heteroatoms. The summed E-state index contributed by atoms with van der Waals surface area (Å²) in [5.74, 6) is 0.699. The fourth-order valence-corrected chi connectivity index (χ4v) is 6.34. The molecule has 3 aromatic carbocycles. The summed E-state index contributed by atoms with van der Waals surface area (Å²) in [4.78, 5) is -0.801. The summed E-state index contributed by atoms with van der Waals surface area (Å²) in [6.45, 7) is 1.78. The Bertz CT molecular complexity index is 1280. The zero-order chi connectivity index (χ0) is 22.8. The van der Waals surface area contributed by atoms with E-state index in [-0.39, 0.29) is 31.4 Å². The van der Waals surface area contributed by atoms with Gasteiger partial charge in [-0.2, -0.15) is 0 Å². The Morgan fingerprint density at radius 1 is 0.677 bits per heavy atom. The Balaban J connectivity index is 2.19. The van der Waals surface area contributed by atoms with Gasteiger partial charge in [0, 0.05) is 12.1 Å². The van der Waals surface area contributed by atoms with E-state index >= 15 is 0 Å². The first-order chi connectivity index (χ1) is 14.6. The van der Waals surface area contributed by atoms with Crippen LogP contribution in [0.1, 0.15) is 18.5 Å². The van der Waals surface area contributed by atoms with Crippen molar-refractivity contribution in [3.05, 3.63) is 72.3 Å². The molecule has 164 valence electrons. The molecule has 31 heavy (non-hydrogen) atoms. The van der Waals surface area contributed by atoms with E-state index in [1.54, 1.807) is 19.1 Å². The molecule has 0 aliphatic rings. The molecule has 0 spiro atoms. The molecule has 0 aromatic heterocycles.